The van der Waals surface area contributed by atoms with Crippen molar-refractivity contribution in [3.8, 4) is 5.75 Å². The number of aliphatic hydroxyl groups is 1. The zero-order valence-corrected chi connectivity index (χ0v) is 15.3. The molecule has 3 rings (SSSR count). The summed E-state index contributed by atoms with van der Waals surface area (Å²) in [6, 6.07) is 8.17. The standard InChI is InChI=1S/C20H31NO3/c1-13(2)24-15-8-5-7-14(11-15)17(22)12-21-18-16-9-6-10-23-19(16)20(18,3)4/h5,7-8,11,13,16-19,21-22H,6,9-10,12H2,1-4H3/t16-,17-,18-,19-/m1/s1. The van der Waals surface area contributed by atoms with E-state index in [0.29, 0.717) is 24.6 Å². The summed E-state index contributed by atoms with van der Waals surface area (Å²) in [5.41, 5.74) is 1.03. The number of benzene rings is 1. The molecular formula is C20H31NO3. The maximum absolute atomic E-state index is 10.6. The van der Waals surface area contributed by atoms with Crippen LogP contribution < -0.4 is 10.1 Å². The van der Waals surface area contributed by atoms with Crippen LogP contribution in [0.2, 0.25) is 0 Å². The fraction of sp³-hybridized carbons (Fsp3) is 0.700. The molecular weight excluding hydrogens is 302 g/mol. The Labute approximate surface area is 145 Å². The van der Waals surface area contributed by atoms with Gasteiger partial charge in [0.25, 0.3) is 0 Å². The predicted octanol–water partition coefficient (Wildman–Crippen LogP) is 3.30. The lowest BCUT2D eigenvalue weighted by Crippen LogP contribution is -2.69. The molecule has 24 heavy (non-hydrogen) atoms. The lowest BCUT2D eigenvalue weighted by molar-refractivity contribution is -0.193. The normalized spacial score (nSPS) is 29.7. The van der Waals surface area contributed by atoms with Gasteiger partial charge in [0.05, 0.1) is 18.3 Å². The Morgan fingerprint density at radius 1 is 1.38 bits per heavy atom. The molecule has 1 aliphatic carbocycles. The highest BCUT2D eigenvalue weighted by Crippen LogP contribution is 2.51. The number of nitrogens with one attached hydrogen (secondary N) is 1. The Kier molecular flexibility index (Phi) is 5.19. The smallest absolute Gasteiger partial charge is 0.120 e. The van der Waals surface area contributed by atoms with Crippen LogP contribution in [-0.2, 0) is 4.74 Å². The van der Waals surface area contributed by atoms with Gasteiger partial charge in [0, 0.05) is 30.5 Å². The second-order valence-corrected chi connectivity index (χ2v) is 8.06. The molecule has 0 radical (unpaired) electrons. The van der Waals surface area contributed by atoms with Crippen molar-refractivity contribution < 1.29 is 14.6 Å². The van der Waals surface area contributed by atoms with E-state index in [4.69, 9.17) is 9.47 Å². The minimum atomic E-state index is -0.528. The minimum Gasteiger partial charge on any atom is -0.491 e. The summed E-state index contributed by atoms with van der Waals surface area (Å²) in [4.78, 5) is 0. The van der Waals surface area contributed by atoms with Crippen molar-refractivity contribution in [3.63, 3.8) is 0 Å². The van der Waals surface area contributed by atoms with Crippen molar-refractivity contribution in [2.75, 3.05) is 13.2 Å². The molecule has 0 aromatic heterocycles. The van der Waals surface area contributed by atoms with Crippen LogP contribution in [0, 0.1) is 11.3 Å². The van der Waals surface area contributed by atoms with Gasteiger partial charge in [-0.1, -0.05) is 26.0 Å². The average Bonchev–Trinajstić information content (AvgIpc) is 2.54. The van der Waals surface area contributed by atoms with Gasteiger partial charge in [0.2, 0.25) is 0 Å². The van der Waals surface area contributed by atoms with E-state index in [1.807, 2.05) is 38.1 Å². The van der Waals surface area contributed by atoms with Gasteiger partial charge >= 0.3 is 0 Å². The van der Waals surface area contributed by atoms with E-state index < -0.39 is 6.10 Å². The van der Waals surface area contributed by atoms with Gasteiger partial charge in [-0.2, -0.15) is 0 Å². The van der Waals surface area contributed by atoms with E-state index >= 15 is 0 Å². The zero-order valence-electron chi connectivity index (χ0n) is 15.3. The van der Waals surface area contributed by atoms with Crippen LogP contribution in [0.3, 0.4) is 0 Å². The van der Waals surface area contributed by atoms with E-state index in [1.165, 1.54) is 6.42 Å². The van der Waals surface area contributed by atoms with E-state index in [-0.39, 0.29) is 11.5 Å². The minimum absolute atomic E-state index is 0.132. The molecule has 4 nitrogen and oxygen atoms in total. The quantitative estimate of drug-likeness (QED) is 0.839. The number of hydrogen-bond donors (Lipinski definition) is 2. The average molecular weight is 333 g/mol. The monoisotopic (exact) mass is 333 g/mol. The number of hydrogen-bond acceptors (Lipinski definition) is 4. The zero-order chi connectivity index (χ0) is 17.3. The summed E-state index contributed by atoms with van der Waals surface area (Å²) >= 11 is 0. The van der Waals surface area contributed by atoms with Gasteiger partial charge in [0.15, 0.2) is 0 Å². The third kappa shape index (κ3) is 3.46. The van der Waals surface area contributed by atoms with Gasteiger partial charge < -0.3 is 19.9 Å². The summed E-state index contributed by atoms with van der Waals surface area (Å²) in [7, 11) is 0. The van der Waals surface area contributed by atoms with Crippen LogP contribution in [0.15, 0.2) is 24.3 Å². The van der Waals surface area contributed by atoms with E-state index in [9.17, 15) is 5.11 Å². The highest BCUT2D eigenvalue weighted by atomic mass is 16.5. The van der Waals surface area contributed by atoms with E-state index in [0.717, 1.165) is 24.3 Å². The van der Waals surface area contributed by atoms with Crippen LogP contribution in [0.1, 0.15) is 52.2 Å². The third-order valence-electron chi connectivity index (χ3n) is 5.48. The van der Waals surface area contributed by atoms with Gasteiger partial charge in [-0.25, -0.2) is 0 Å². The molecule has 2 aliphatic rings. The molecule has 0 spiro atoms. The first-order valence-corrected chi connectivity index (χ1v) is 9.19. The molecule has 1 saturated carbocycles. The van der Waals surface area contributed by atoms with Crippen molar-refractivity contribution in [1.29, 1.82) is 0 Å². The summed E-state index contributed by atoms with van der Waals surface area (Å²) in [6.45, 7) is 9.99. The van der Waals surface area contributed by atoms with Crippen LogP contribution in [-0.4, -0.2) is 36.5 Å². The van der Waals surface area contributed by atoms with Gasteiger partial charge in [0.1, 0.15) is 5.75 Å². The molecule has 1 aromatic rings. The Morgan fingerprint density at radius 2 is 2.17 bits per heavy atom. The third-order valence-corrected chi connectivity index (χ3v) is 5.48. The molecule has 4 heteroatoms. The topological polar surface area (TPSA) is 50.7 Å². The summed E-state index contributed by atoms with van der Waals surface area (Å²) in [5.74, 6) is 1.39. The first-order chi connectivity index (χ1) is 11.4. The number of rotatable bonds is 6. The molecule has 134 valence electrons. The molecule has 2 fully saturated rings. The Balaban J connectivity index is 1.58. The number of aliphatic hydroxyl groups excluding tert-OH is 1. The van der Waals surface area contributed by atoms with E-state index in [2.05, 4.69) is 19.2 Å². The van der Waals surface area contributed by atoms with E-state index in [1.54, 1.807) is 0 Å². The SMILES string of the molecule is CC(C)Oc1cccc([C@H](O)CN[C@@H]2[C@H]3CCCO[C@H]3C2(C)C)c1. The second kappa shape index (κ2) is 7.03. The first kappa shape index (κ1) is 17.7. The van der Waals surface area contributed by atoms with Crippen molar-refractivity contribution >= 4 is 0 Å². The number of fused-ring (bicyclic) bond motifs is 1. The lowest BCUT2D eigenvalue weighted by atomic mass is 9.55. The molecule has 1 saturated heterocycles. The van der Waals surface area contributed by atoms with Gasteiger partial charge in [-0.3, -0.25) is 0 Å². The molecule has 0 bridgehead atoms. The molecule has 0 unspecified atom stereocenters. The van der Waals surface area contributed by atoms with Crippen LogP contribution >= 0.6 is 0 Å². The molecule has 2 N–H and O–H groups in total. The van der Waals surface area contributed by atoms with Crippen molar-refractivity contribution in [1.82, 2.24) is 5.32 Å². The van der Waals surface area contributed by atoms with Gasteiger partial charge in [-0.15, -0.1) is 0 Å². The molecule has 0 amide bonds. The molecule has 1 aromatic carbocycles. The van der Waals surface area contributed by atoms with Crippen LogP contribution in [0.5, 0.6) is 5.75 Å². The second-order valence-electron chi connectivity index (χ2n) is 8.06. The Morgan fingerprint density at radius 3 is 2.92 bits per heavy atom. The Hall–Kier alpha value is -1.10. The Bertz CT molecular complexity index is 558. The number of ether oxygens (including phenoxy) is 2. The lowest BCUT2D eigenvalue weighted by Gasteiger charge is -2.60. The van der Waals surface area contributed by atoms with Crippen molar-refractivity contribution in [2.45, 2.75) is 64.9 Å². The summed E-state index contributed by atoms with van der Waals surface area (Å²) in [6.07, 6.45) is 2.34. The molecule has 1 heterocycles. The summed E-state index contributed by atoms with van der Waals surface area (Å²) < 4.78 is 11.7. The van der Waals surface area contributed by atoms with Crippen LogP contribution in [0.25, 0.3) is 0 Å². The van der Waals surface area contributed by atoms with Crippen molar-refractivity contribution in [3.05, 3.63) is 29.8 Å². The highest BCUT2D eigenvalue weighted by molar-refractivity contribution is 5.30. The summed E-state index contributed by atoms with van der Waals surface area (Å²) in [5, 5.41) is 14.2. The molecule has 4 atom stereocenters. The maximum atomic E-state index is 10.6. The first-order valence-electron chi connectivity index (χ1n) is 9.19. The highest BCUT2D eigenvalue weighted by Gasteiger charge is 2.57. The van der Waals surface area contributed by atoms with Crippen molar-refractivity contribution in [2.24, 2.45) is 11.3 Å². The van der Waals surface area contributed by atoms with Crippen LogP contribution in [0.4, 0.5) is 0 Å². The maximum Gasteiger partial charge on any atom is 0.120 e. The fourth-order valence-electron chi connectivity index (χ4n) is 4.36. The molecule has 1 aliphatic heterocycles. The van der Waals surface area contributed by atoms with Gasteiger partial charge in [-0.05, 0) is 44.4 Å². The largest absolute Gasteiger partial charge is 0.491 e. The fourth-order valence-corrected chi connectivity index (χ4v) is 4.36. The predicted molar refractivity (Wildman–Crippen MR) is 95.2 cm³/mol.